The predicted molar refractivity (Wildman–Crippen MR) is 122 cm³/mol. The van der Waals surface area contributed by atoms with E-state index in [1.807, 2.05) is 37.4 Å². The number of methoxy groups -OCH3 is 3. The van der Waals surface area contributed by atoms with Gasteiger partial charge in [-0.1, -0.05) is 30.3 Å². The third kappa shape index (κ3) is 6.04. The zero-order chi connectivity index (χ0) is 22.1. The SMILES string of the molecule is CN=C(NCc1c(OC)cc(OC)cc1OC)N1CCC(COCc2ccccc2)C1. The number of nitrogens with one attached hydrogen (secondary N) is 1. The molecule has 168 valence electrons. The first-order valence-corrected chi connectivity index (χ1v) is 10.5. The van der Waals surface area contributed by atoms with Gasteiger partial charge < -0.3 is 29.2 Å². The molecule has 1 heterocycles. The van der Waals surface area contributed by atoms with Gasteiger partial charge in [0.1, 0.15) is 17.2 Å². The Bertz CT molecular complexity index is 832. The van der Waals surface area contributed by atoms with Crippen LogP contribution in [0.4, 0.5) is 0 Å². The Morgan fingerprint density at radius 3 is 2.39 bits per heavy atom. The highest BCUT2D eigenvalue weighted by molar-refractivity contribution is 5.80. The van der Waals surface area contributed by atoms with Gasteiger partial charge in [-0.2, -0.15) is 0 Å². The Kier molecular flexibility index (Phi) is 8.41. The van der Waals surface area contributed by atoms with Crippen LogP contribution in [-0.4, -0.2) is 58.9 Å². The van der Waals surface area contributed by atoms with E-state index in [-0.39, 0.29) is 0 Å². The summed E-state index contributed by atoms with van der Waals surface area (Å²) in [5.41, 5.74) is 2.13. The Balaban J connectivity index is 1.54. The van der Waals surface area contributed by atoms with Gasteiger partial charge in [-0.15, -0.1) is 0 Å². The van der Waals surface area contributed by atoms with Crippen molar-refractivity contribution in [1.29, 1.82) is 0 Å². The molecule has 0 saturated carbocycles. The molecule has 0 bridgehead atoms. The van der Waals surface area contributed by atoms with Crippen molar-refractivity contribution in [3.8, 4) is 17.2 Å². The van der Waals surface area contributed by atoms with Crippen molar-refractivity contribution in [3.05, 3.63) is 53.6 Å². The number of rotatable bonds is 9. The van der Waals surface area contributed by atoms with E-state index >= 15 is 0 Å². The summed E-state index contributed by atoms with van der Waals surface area (Å²) >= 11 is 0. The lowest BCUT2D eigenvalue weighted by molar-refractivity contribution is 0.0906. The maximum Gasteiger partial charge on any atom is 0.193 e. The molecule has 7 heteroatoms. The lowest BCUT2D eigenvalue weighted by Crippen LogP contribution is -2.40. The quantitative estimate of drug-likeness (QED) is 0.489. The first-order chi connectivity index (χ1) is 15.2. The second-order valence-electron chi connectivity index (χ2n) is 7.51. The Hall–Kier alpha value is -2.93. The number of guanidine groups is 1. The van der Waals surface area contributed by atoms with Crippen LogP contribution in [0.5, 0.6) is 17.2 Å². The number of nitrogens with zero attached hydrogens (tertiary/aromatic N) is 2. The van der Waals surface area contributed by atoms with Gasteiger partial charge in [-0.25, -0.2) is 0 Å². The monoisotopic (exact) mass is 427 g/mol. The van der Waals surface area contributed by atoms with Crippen LogP contribution in [0, 0.1) is 5.92 Å². The van der Waals surface area contributed by atoms with Crippen molar-refractivity contribution in [2.75, 3.05) is 48.1 Å². The lowest BCUT2D eigenvalue weighted by Gasteiger charge is -2.23. The van der Waals surface area contributed by atoms with Gasteiger partial charge in [0.15, 0.2) is 5.96 Å². The summed E-state index contributed by atoms with van der Waals surface area (Å²) in [6.07, 6.45) is 1.09. The molecule has 3 rings (SSSR count). The van der Waals surface area contributed by atoms with Crippen LogP contribution < -0.4 is 19.5 Å². The van der Waals surface area contributed by atoms with Crippen LogP contribution in [0.3, 0.4) is 0 Å². The van der Waals surface area contributed by atoms with E-state index in [0.29, 0.717) is 36.3 Å². The number of ether oxygens (including phenoxy) is 4. The molecule has 1 aliphatic rings. The molecule has 1 fully saturated rings. The van der Waals surface area contributed by atoms with Crippen LogP contribution >= 0.6 is 0 Å². The highest BCUT2D eigenvalue weighted by atomic mass is 16.5. The third-order valence-electron chi connectivity index (χ3n) is 5.50. The van der Waals surface area contributed by atoms with Gasteiger partial charge in [0.05, 0.1) is 46.7 Å². The summed E-state index contributed by atoms with van der Waals surface area (Å²) in [5, 5.41) is 3.45. The van der Waals surface area contributed by atoms with E-state index in [2.05, 4.69) is 27.3 Å². The van der Waals surface area contributed by atoms with Crippen molar-refractivity contribution in [1.82, 2.24) is 10.2 Å². The van der Waals surface area contributed by atoms with E-state index in [4.69, 9.17) is 18.9 Å². The van der Waals surface area contributed by atoms with Crippen molar-refractivity contribution in [2.45, 2.75) is 19.6 Å². The maximum absolute atomic E-state index is 5.95. The Labute approximate surface area is 185 Å². The second kappa shape index (κ2) is 11.5. The molecule has 0 amide bonds. The molecule has 1 saturated heterocycles. The van der Waals surface area contributed by atoms with Gasteiger partial charge >= 0.3 is 0 Å². The molecule has 1 aliphatic heterocycles. The molecule has 1 atom stereocenters. The average molecular weight is 428 g/mol. The average Bonchev–Trinajstić information content (AvgIpc) is 3.28. The first-order valence-electron chi connectivity index (χ1n) is 10.5. The molecular weight excluding hydrogens is 394 g/mol. The molecule has 1 unspecified atom stereocenters. The minimum absolute atomic E-state index is 0.493. The number of aliphatic imine (C=N–C) groups is 1. The maximum atomic E-state index is 5.95. The fourth-order valence-electron chi connectivity index (χ4n) is 3.83. The molecule has 0 aromatic heterocycles. The van der Waals surface area contributed by atoms with Crippen molar-refractivity contribution < 1.29 is 18.9 Å². The van der Waals surface area contributed by atoms with Gasteiger partial charge in [0.25, 0.3) is 0 Å². The molecule has 0 aliphatic carbocycles. The largest absolute Gasteiger partial charge is 0.496 e. The highest BCUT2D eigenvalue weighted by Crippen LogP contribution is 2.34. The number of hydrogen-bond donors (Lipinski definition) is 1. The molecule has 31 heavy (non-hydrogen) atoms. The van der Waals surface area contributed by atoms with E-state index in [0.717, 1.165) is 37.6 Å². The van der Waals surface area contributed by atoms with Crippen LogP contribution in [0.25, 0.3) is 0 Å². The second-order valence-corrected chi connectivity index (χ2v) is 7.51. The minimum Gasteiger partial charge on any atom is -0.496 e. The Morgan fingerprint density at radius 2 is 1.77 bits per heavy atom. The van der Waals surface area contributed by atoms with Crippen molar-refractivity contribution in [3.63, 3.8) is 0 Å². The van der Waals surface area contributed by atoms with Crippen molar-refractivity contribution in [2.24, 2.45) is 10.9 Å². The zero-order valence-electron chi connectivity index (χ0n) is 18.9. The standard InChI is InChI=1S/C24H33N3O4/c1-25-24(26-14-21-22(29-3)12-20(28-2)13-23(21)30-4)27-11-10-19(15-27)17-31-16-18-8-6-5-7-9-18/h5-9,12-13,19H,10-11,14-17H2,1-4H3,(H,25,26). The van der Waals surface area contributed by atoms with Crippen LogP contribution in [-0.2, 0) is 17.9 Å². The predicted octanol–water partition coefficient (Wildman–Crippen LogP) is 3.33. The third-order valence-corrected chi connectivity index (χ3v) is 5.50. The van der Waals surface area contributed by atoms with Gasteiger partial charge in [0.2, 0.25) is 0 Å². The number of likely N-dealkylation sites (tertiary alicyclic amines) is 1. The van der Waals surface area contributed by atoms with E-state index in [1.54, 1.807) is 21.3 Å². The van der Waals surface area contributed by atoms with E-state index in [1.165, 1.54) is 5.56 Å². The van der Waals surface area contributed by atoms with Gasteiger partial charge in [0, 0.05) is 38.2 Å². The molecule has 0 spiro atoms. The fraction of sp³-hybridized carbons (Fsp3) is 0.458. The van der Waals surface area contributed by atoms with Crippen molar-refractivity contribution >= 4 is 5.96 Å². The molecule has 2 aromatic carbocycles. The van der Waals surface area contributed by atoms with E-state index < -0.39 is 0 Å². The van der Waals surface area contributed by atoms with Crippen LogP contribution in [0.2, 0.25) is 0 Å². The molecular formula is C24H33N3O4. The lowest BCUT2D eigenvalue weighted by atomic mass is 10.1. The minimum atomic E-state index is 0.493. The summed E-state index contributed by atoms with van der Waals surface area (Å²) in [6, 6.07) is 14.0. The summed E-state index contributed by atoms with van der Waals surface area (Å²) in [7, 11) is 6.73. The first kappa shape index (κ1) is 22.7. The number of hydrogen-bond acceptors (Lipinski definition) is 5. The van der Waals surface area contributed by atoms with Crippen LogP contribution in [0.15, 0.2) is 47.5 Å². The zero-order valence-corrected chi connectivity index (χ0v) is 18.9. The highest BCUT2D eigenvalue weighted by Gasteiger charge is 2.25. The summed E-state index contributed by atoms with van der Waals surface area (Å²) < 4.78 is 22.4. The topological polar surface area (TPSA) is 64.6 Å². The van der Waals surface area contributed by atoms with Gasteiger partial charge in [-0.05, 0) is 12.0 Å². The fourth-order valence-corrected chi connectivity index (χ4v) is 3.83. The smallest absolute Gasteiger partial charge is 0.193 e. The Morgan fingerprint density at radius 1 is 1.06 bits per heavy atom. The van der Waals surface area contributed by atoms with Gasteiger partial charge in [-0.3, -0.25) is 4.99 Å². The summed E-state index contributed by atoms with van der Waals surface area (Å²) in [4.78, 5) is 6.75. The number of benzene rings is 2. The van der Waals surface area contributed by atoms with Crippen LogP contribution in [0.1, 0.15) is 17.5 Å². The molecule has 1 N–H and O–H groups in total. The molecule has 2 aromatic rings. The summed E-state index contributed by atoms with van der Waals surface area (Å²) in [6.45, 7) is 3.82. The normalized spacial score (nSPS) is 16.3. The molecule has 7 nitrogen and oxygen atoms in total. The summed E-state index contributed by atoms with van der Waals surface area (Å²) in [5.74, 6) is 3.48. The molecule has 0 radical (unpaired) electrons. The van der Waals surface area contributed by atoms with E-state index in [9.17, 15) is 0 Å².